The van der Waals surface area contributed by atoms with E-state index < -0.39 is 10.8 Å². The van der Waals surface area contributed by atoms with Crippen molar-refractivity contribution in [2.75, 3.05) is 40.4 Å². The Morgan fingerprint density at radius 1 is 1.15 bits per heavy atom. The molecule has 9 nitrogen and oxygen atoms in total. The molecule has 2 heterocycles. The van der Waals surface area contributed by atoms with Crippen LogP contribution in [0.2, 0.25) is 0 Å². The summed E-state index contributed by atoms with van der Waals surface area (Å²) in [5.74, 6) is 0.731. The van der Waals surface area contributed by atoms with E-state index in [0.29, 0.717) is 32.7 Å². The molecule has 0 bridgehead atoms. The topological polar surface area (TPSA) is 98.3 Å². The Morgan fingerprint density at radius 2 is 1.89 bits per heavy atom. The molecule has 1 aromatic carbocycles. The molecule has 0 saturated carbocycles. The molecule has 1 aliphatic heterocycles. The number of benzene rings is 1. The fraction of sp³-hybridized carbons (Fsp3) is 0.389. The number of hydrogen-bond acceptors (Lipinski definition) is 7. The molecule has 9 heteroatoms. The van der Waals surface area contributed by atoms with Crippen LogP contribution < -0.4 is 9.47 Å². The van der Waals surface area contributed by atoms with Crippen LogP contribution in [0.1, 0.15) is 16.1 Å². The molecular formula is C18H21N3O6. The maximum absolute atomic E-state index is 12.4. The average Bonchev–Trinajstić information content (AvgIpc) is 3.19. The van der Waals surface area contributed by atoms with Gasteiger partial charge in [0.15, 0.2) is 5.76 Å². The van der Waals surface area contributed by atoms with Gasteiger partial charge in [0.1, 0.15) is 16.4 Å². The minimum atomic E-state index is -0.656. The van der Waals surface area contributed by atoms with Crippen LogP contribution in [0, 0.1) is 10.1 Å². The fourth-order valence-electron chi connectivity index (χ4n) is 3.03. The second-order valence-electron chi connectivity index (χ2n) is 6.14. The van der Waals surface area contributed by atoms with Gasteiger partial charge in [-0.05, 0) is 12.1 Å². The zero-order valence-corrected chi connectivity index (χ0v) is 15.2. The van der Waals surface area contributed by atoms with Gasteiger partial charge in [-0.1, -0.05) is 6.07 Å². The van der Waals surface area contributed by atoms with Gasteiger partial charge in [-0.25, -0.2) is 0 Å². The molecule has 144 valence electrons. The molecule has 1 aliphatic rings. The van der Waals surface area contributed by atoms with E-state index in [9.17, 15) is 14.9 Å². The van der Waals surface area contributed by atoms with E-state index in [-0.39, 0.29) is 11.7 Å². The minimum Gasteiger partial charge on any atom is -0.497 e. The number of nitrogens with zero attached hydrogens (tertiary/aromatic N) is 3. The van der Waals surface area contributed by atoms with Crippen LogP contribution in [-0.2, 0) is 6.54 Å². The van der Waals surface area contributed by atoms with Gasteiger partial charge in [0.2, 0.25) is 0 Å². The van der Waals surface area contributed by atoms with E-state index in [1.54, 1.807) is 19.1 Å². The summed E-state index contributed by atoms with van der Waals surface area (Å²) < 4.78 is 15.6. The number of nitro groups is 1. The van der Waals surface area contributed by atoms with Crippen LogP contribution in [0.15, 0.2) is 34.7 Å². The molecule has 1 saturated heterocycles. The number of furan rings is 1. The Kier molecular flexibility index (Phi) is 5.60. The number of carbonyl (C=O) groups is 1. The summed E-state index contributed by atoms with van der Waals surface area (Å²) >= 11 is 0. The maximum Gasteiger partial charge on any atom is 0.433 e. The lowest BCUT2D eigenvalue weighted by atomic mass is 10.1. The SMILES string of the molecule is COc1ccc(CN2CCN(C(=O)c3ccc([N+](=O)[O-])o3)CC2)c(OC)c1. The highest BCUT2D eigenvalue weighted by atomic mass is 16.6. The monoisotopic (exact) mass is 375 g/mol. The van der Waals surface area contributed by atoms with Crippen LogP contribution in [0.4, 0.5) is 5.88 Å². The molecule has 27 heavy (non-hydrogen) atoms. The Balaban J connectivity index is 1.58. The highest BCUT2D eigenvalue weighted by Crippen LogP contribution is 2.26. The van der Waals surface area contributed by atoms with Gasteiger partial charge in [-0.3, -0.25) is 19.8 Å². The summed E-state index contributed by atoms with van der Waals surface area (Å²) in [4.78, 5) is 26.3. The van der Waals surface area contributed by atoms with Crippen molar-refractivity contribution in [3.8, 4) is 11.5 Å². The Hall–Kier alpha value is -3.07. The highest BCUT2D eigenvalue weighted by Gasteiger charge is 2.26. The normalized spacial score (nSPS) is 14.8. The van der Waals surface area contributed by atoms with E-state index in [1.165, 1.54) is 12.1 Å². The largest absolute Gasteiger partial charge is 0.497 e. The molecule has 0 atom stereocenters. The van der Waals surface area contributed by atoms with Crippen LogP contribution in [0.5, 0.6) is 11.5 Å². The molecule has 1 fully saturated rings. The molecule has 0 radical (unpaired) electrons. The van der Waals surface area contributed by atoms with Gasteiger partial charge in [0.25, 0.3) is 5.91 Å². The Labute approximate surface area is 156 Å². The first kappa shape index (κ1) is 18.7. The van der Waals surface area contributed by atoms with Crippen molar-refractivity contribution in [3.63, 3.8) is 0 Å². The van der Waals surface area contributed by atoms with E-state index in [0.717, 1.165) is 17.1 Å². The summed E-state index contributed by atoms with van der Waals surface area (Å²) in [6.07, 6.45) is 0. The number of methoxy groups -OCH3 is 2. The van der Waals surface area contributed by atoms with Crippen molar-refractivity contribution in [3.05, 3.63) is 51.8 Å². The molecule has 2 aromatic rings. The number of carbonyl (C=O) groups excluding carboxylic acids is 1. The lowest BCUT2D eigenvalue weighted by Gasteiger charge is -2.34. The Bertz CT molecular complexity index is 826. The second-order valence-corrected chi connectivity index (χ2v) is 6.14. The van der Waals surface area contributed by atoms with Gasteiger partial charge < -0.3 is 18.8 Å². The van der Waals surface area contributed by atoms with E-state index >= 15 is 0 Å². The second kappa shape index (κ2) is 8.09. The number of ether oxygens (including phenoxy) is 2. The van der Waals surface area contributed by atoms with Gasteiger partial charge in [0, 0.05) is 44.4 Å². The smallest absolute Gasteiger partial charge is 0.433 e. The van der Waals surface area contributed by atoms with Crippen LogP contribution in [0.3, 0.4) is 0 Å². The number of rotatable bonds is 6. The van der Waals surface area contributed by atoms with Gasteiger partial charge in [-0.15, -0.1) is 0 Å². The molecule has 1 aromatic heterocycles. The highest BCUT2D eigenvalue weighted by molar-refractivity contribution is 5.91. The summed E-state index contributed by atoms with van der Waals surface area (Å²) in [5, 5.41) is 10.7. The molecule has 0 spiro atoms. The summed E-state index contributed by atoms with van der Waals surface area (Å²) in [7, 11) is 3.23. The third-order valence-electron chi connectivity index (χ3n) is 4.53. The maximum atomic E-state index is 12.4. The van der Waals surface area contributed by atoms with Gasteiger partial charge >= 0.3 is 5.88 Å². The predicted octanol–water partition coefficient (Wildman–Crippen LogP) is 2.16. The first-order valence-corrected chi connectivity index (χ1v) is 8.48. The van der Waals surface area contributed by atoms with Crippen molar-refractivity contribution in [2.45, 2.75) is 6.54 Å². The minimum absolute atomic E-state index is 0.00743. The fourth-order valence-corrected chi connectivity index (χ4v) is 3.03. The number of hydrogen-bond donors (Lipinski definition) is 0. The molecule has 1 amide bonds. The van der Waals surface area contributed by atoms with Crippen LogP contribution in [-0.4, -0.2) is 61.0 Å². The third kappa shape index (κ3) is 4.20. The molecule has 0 N–H and O–H groups in total. The van der Waals surface area contributed by atoms with E-state index in [2.05, 4.69) is 4.90 Å². The van der Waals surface area contributed by atoms with Crippen molar-refractivity contribution in [2.24, 2.45) is 0 Å². The van der Waals surface area contributed by atoms with E-state index in [4.69, 9.17) is 13.9 Å². The summed E-state index contributed by atoms with van der Waals surface area (Å²) in [5.41, 5.74) is 1.04. The molecule has 0 aliphatic carbocycles. The molecule has 0 unspecified atom stereocenters. The summed E-state index contributed by atoms with van der Waals surface area (Å²) in [6, 6.07) is 8.24. The summed E-state index contributed by atoms with van der Waals surface area (Å²) in [6.45, 7) is 3.10. The quantitative estimate of drug-likeness (QED) is 0.563. The van der Waals surface area contributed by atoms with Gasteiger partial charge in [-0.2, -0.15) is 0 Å². The molecule has 3 rings (SSSR count). The standard InChI is InChI=1S/C18H21N3O6/c1-25-14-4-3-13(16(11-14)26-2)12-19-7-9-20(10-8-19)18(22)15-5-6-17(27-15)21(23)24/h3-6,11H,7-10,12H2,1-2H3. The zero-order valence-electron chi connectivity index (χ0n) is 15.2. The van der Waals surface area contributed by atoms with Crippen molar-refractivity contribution in [1.82, 2.24) is 9.80 Å². The predicted molar refractivity (Wildman–Crippen MR) is 96.1 cm³/mol. The van der Waals surface area contributed by atoms with Crippen molar-refractivity contribution in [1.29, 1.82) is 0 Å². The average molecular weight is 375 g/mol. The zero-order chi connectivity index (χ0) is 19.4. The first-order chi connectivity index (χ1) is 13.0. The van der Waals surface area contributed by atoms with Crippen LogP contribution in [0.25, 0.3) is 0 Å². The first-order valence-electron chi connectivity index (χ1n) is 8.48. The van der Waals surface area contributed by atoms with Crippen LogP contribution >= 0.6 is 0 Å². The van der Waals surface area contributed by atoms with E-state index in [1.807, 2.05) is 18.2 Å². The number of amides is 1. The third-order valence-corrected chi connectivity index (χ3v) is 4.53. The van der Waals surface area contributed by atoms with Crippen molar-refractivity contribution < 1.29 is 23.6 Å². The lowest BCUT2D eigenvalue weighted by Crippen LogP contribution is -2.48. The molecular weight excluding hydrogens is 354 g/mol. The van der Waals surface area contributed by atoms with Gasteiger partial charge in [0.05, 0.1) is 20.3 Å². The van der Waals surface area contributed by atoms with Crippen molar-refractivity contribution >= 4 is 11.8 Å². The number of piperazine rings is 1. The Morgan fingerprint density at radius 3 is 2.48 bits per heavy atom. The lowest BCUT2D eigenvalue weighted by molar-refractivity contribution is -0.402.